The molecule has 214 valence electrons. The highest BCUT2D eigenvalue weighted by molar-refractivity contribution is 7.16. The summed E-state index contributed by atoms with van der Waals surface area (Å²) >= 11 is 8.22. The number of likely N-dealkylation sites (tertiary alicyclic amines) is 1. The maximum Gasteiger partial charge on any atom is 0.249 e. The summed E-state index contributed by atoms with van der Waals surface area (Å²) in [5.41, 5.74) is 8.56. The molecule has 9 nitrogen and oxygen atoms in total. The van der Waals surface area contributed by atoms with Crippen molar-refractivity contribution in [2.45, 2.75) is 56.0 Å². The van der Waals surface area contributed by atoms with Crippen molar-refractivity contribution in [2.75, 3.05) is 51.3 Å². The van der Waals surface area contributed by atoms with Crippen LogP contribution in [0.15, 0.2) is 18.2 Å². The number of piperazine rings is 1. The number of hydrogen-bond acceptors (Lipinski definition) is 8. The van der Waals surface area contributed by atoms with Crippen LogP contribution < -0.4 is 10.6 Å². The molecule has 4 fully saturated rings. The largest absolute Gasteiger partial charge is 0.366 e. The van der Waals surface area contributed by atoms with Gasteiger partial charge in [-0.15, -0.1) is 22.9 Å². The van der Waals surface area contributed by atoms with E-state index < -0.39 is 29.3 Å². The minimum atomic E-state index is -0.675. The van der Waals surface area contributed by atoms with Crippen LogP contribution in [0.4, 0.5) is 5.13 Å². The van der Waals surface area contributed by atoms with Crippen molar-refractivity contribution in [2.24, 2.45) is 11.7 Å². The van der Waals surface area contributed by atoms with Crippen LogP contribution in [0.1, 0.15) is 52.4 Å². The number of nitrogens with zero attached hydrogens (tertiary/aromatic N) is 4. The molecule has 4 heterocycles. The first kappa shape index (κ1) is 27.6. The molecule has 40 heavy (non-hydrogen) atoms. The molecule has 11 heteroatoms. The molecule has 2 amide bonds. The lowest BCUT2D eigenvalue weighted by Gasteiger charge is -2.32. The molecule has 2 N–H and O–H groups in total. The number of alkyl halides is 1. The summed E-state index contributed by atoms with van der Waals surface area (Å²) in [6, 6.07) is 4.88. The van der Waals surface area contributed by atoms with E-state index in [1.165, 1.54) is 0 Å². The Hall–Kier alpha value is -2.53. The summed E-state index contributed by atoms with van der Waals surface area (Å²) in [6.45, 7) is 6.11. The van der Waals surface area contributed by atoms with Crippen molar-refractivity contribution in [3.8, 4) is 11.3 Å². The SMILES string of the molecule is Cc1sc(N2CCN(C)CC2)nc1-c1ccc(C(N)=O)c([C@@H](C(=O)N2C[C@@H](Cl)[C@H]3OCC(=O)[C@H]32)C2CCCC2)c1. The average molecular weight is 586 g/mol. The molecule has 3 aliphatic heterocycles. The number of ether oxygens (including phenoxy) is 1. The molecule has 1 aromatic carbocycles. The first-order valence-corrected chi connectivity index (χ1v) is 15.4. The third-order valence-electron chi connectivity index (χ3n) is 9.03. The van der Waals surface area contributed by atoms with Gasteiger partial charge >= 0.3 is 0 Å². The topological polar surface area (TPSA) is 109 Å². The number of likely N-dealkylation sites (N-methyl/N-ethyl adjacent to an activating group) is 1. The third kappa shape index (κ3) is 4.93. The monoisotopic (exact) mass is 585 g/mol. The van der Waals surface area contributed by atoms with Crippen LogP contribution in [0.3, 0.4) is 0 Å². The van der Waals surface area contributed by atoms with E-state index in [1.807, 2.05) is 12.1 Å². The number of Topliss-reactive ketones (excluding diaryl/α,β-unsaturated/α-hetero) is 1. The van der Waals surface area contributed by atoms with E-state index in [2.05, 4.69) is 23.8 Å². The van der Waals surface area contributed by atoms with Crippen LogP contribution in [0.5, 0.6) is 0 Å². The number of rotatable bonds is 6. The number of ketones is 1. The van der Waals surface area contributed by atoms with Crippen molar-refractivity contribution in [1.82, 2.24) is 14.8 Å². The second-order valence-electron chi connectivity index (χ2n) is 11.6. The van der Waals surface area contributed by atoms with Crippen LogP contribution in [-0.2, 0) is 14.3 Å². The summed E-state index contributed by atoms with van der Waals surface area (Å²) < 4.78 is 5.64. The molecule has 3 saturated heterocycles. The molecule has 0 bridgehead atoms. The van der Waals surface area contributed by atoms with E-state index in [0.29, 0.717) is 11.1 Å². The lowest BCUT2D eigenvalue weighted by atomic mass is 9.80. The molecule has 1 aliphatic carbocycles. The summed E-state index contributed by atoms with van der Waals surface area (Å²) in [4.78, 5) is 52.2. The molecule has 0 spiro atoms. The molecule has 0 unspecified atom stereocenters. The number of thiazole rings is 1. The van der Waals surface area contributed by atoms with Crippen LogP contribution in [-0.4, -0.2) is 96.3 Å². The van der Waals surface area contributed by atoms with Gasteiger partial charge < -0.3 is 25.2 Å². The van der Waals surface area contributed by atoms with Gasteiger partial charge in [-0.2, -0.15) is 0 Å². The highest BCUT2D eigenvalue weighted by atomic mass is 35.5. The molecule has 0 radical (unpaired) electrons. The Morgan fingerprint density at radius 3 is 2.60 bits per heavy atom. The predicted molar refractivity (Wildman–Crippen MR) is 155 cm³/mol. The van der Waals surface area contributed by atoms with Gasteiger partial charge in [0.1, 0.15) is 18.8 Å². The minimum absolute atomic E-state index is 0.0306. The van der Waals surface area contributed by atoms with Crippen molar-refractivity contribution >= 4 is 45.7 Å². The number of hydrogen-bond donors (Lipinski definition) is 1. The number of carbonyl (C=O) groups excluding carboxylic acids is 3. The number of halogens is 1. The Kier molecular flexibility index (Phi) is 7.63. The fourth-order valence-corrected chi connectivity index (χ4v) is 8.20. The average Bonchev–Trinajstić information content (AvgIpc) is 3.72. The first-order chi connectivity index (χ1) is 19.2. The van der Waals surface area contributed by atoms with E-state index in [4.69, 9.17) is 27.1 Å². The van der Waals surface area contributed by atoms with Gasteiger partial charge in [0.15, 0.2) is 10.9 Å². The van der Waals surface area contributed by atoms with Crippen LogP contribution in [0.2, 0.25) is 0 Å². The fraction of sp³-hybridized carbons (Fsp3) is 0.586. The third-order valence-corrected chi connectivity index (χ3v) is 10.4. The normalized spacial score (nSPS) is 26.5. The van der Waals surface area contributed by atoms with Crippen LogP contribution in [0.25, 0.3) is 11.3 Å². The second-order valence-corrected chi connectivity index (χ2v) is 13.3. The number of carbonyl (C=O) groups is 3. The Morgan fingerprint density at radius 1 is 1.18 bits per heavy atom. The van der Waals surface area contributed by atoms with Gasteiger partial charge in [0.25, 0.3) is 0 Å². The predicted octanol–water partition coefficient (Wildman–Crippen LogP) is 3.03. The lowest BCUT2D eigenvalue weighted by Crippen LogP contribution is -2.45. The van der Waals surface area contributed by atoms with E-state index >= 15 is 0 Å². The first-order valence-electron chi connectivity index (χ1n) is 14.2. The quantitative estimate of drug-likeness (QED) is 0.519. The summed E-state index contributed by atoms with van der Waals surface area (Å²) in [5.74, 6) is -1.41. The number of aryl methyl sites for hydroxylation is 1. The number of nitrogens with two attached hydrogens (primary N) is 1. The summed E-state index contributed by atoms with van der Waals surface area (Å²) in [6.07, 6.45) is 3.30. The maximum absolute atomic E-state index is 14.4. The van der Waals surface area contributed by atoms with Crippen LogP contribution in [0, 0.1) is 12.8 Å². The van der Waals surface area contributed by atoms with Gasteiger partial charge in [0, 0.05) is 48.7 Å². The van der Waals surface area contributed by atoms with E-state index in [1.54, 1.807) is 22.3 Å². The number of anilines is 1. The van der Waals surface area contributed by atoms with Crippen molar-refractivity contribution in [3.05, 3.63) is 34.2 Å². The number of amides is 2. The molecule has 2 aromatic rings. The highest BCUT2D eigenvalue weighted by Crippen LogP contribution is 2.44. The number of aromatic nitrogens is 1. The number of benzene rings is 1. The minimum Gasteiger partial charge on any atom is -0.366 e. The number of primary amides is 1. The van der Waals surface area contributed by atoms with Crippen molar-refractivity contribution < 1.29 is 19.1 Å². The molecule has 6 rings (SSSR count). The fourth-order valence-electron chi connectivity index (χ4n) is 6.86. The zero-order valence-corrected chi connectivity index (χ0v) is 24.5. The van der Waals surface area contributed by atoms with Crippen molar-refractivity contribution in [1.29, 1.82) is 0 Å². The summed E-state index contributed by atoms with van der Waals surface area (Å²) in [5, 5.41) is 0.540. The summed E-state index contributed by atoms with van der Waals surface area (Å²) in [7, 11) is 2.13. The molecule has 4 atom stereocenters. The van der Waals surface area contributed by atoms with E-state index in [-0.39, 0.29) is 30.8 Å². The van der Waals surface area contributed by atoms with Gasteiger partial charge in [-0.1, -0.05) is 18.9 Å². The van der Waals surface area contributed by atoms with E-state index in [9.17, 15) is 14.4 Å². The zero-order valence-electron chi connectivity index (χ0n) is 23.0. The van der Waals surface area contributed by atoms with Gasteiger partial charge in [-0.25, -0.2) is 4.98 Å². The highest BCUT2D eigenvalue weighted by Gasteiger charge is 2.53. The lowest BCUT2D eigenvalue weighted by molar-refractivity contribution is -0.138. The Morgan fingerprint density at radius 2 is 1.90 bits per heavy atom. The van der Waals surface area contributed by atoms with Gasteiger partial charge in [0.05, 0.1) is 17.0 Å². The molecule has 1 saturated carbocycles. The molecule has 1 aromatic heterocycles. The Labute approximate surface area is 243 Å². The van der Waals surface area contributed by atoms with E-state index in [0.717, 1.165) is 73.1 Å². The Balaban J connectivity index is 1.39. The number of fused-ring (bicyclic) bond motifs is 1. The van der Waals surface area contributed by atoms with Crippen molar-refractivity contribution in [3.63, 3.8) is 0 Å². The Bertz CT molecular complexity index is 1320. The zero-order chi connectivity index (χ0) is 28.1. The van der Waals surface area contributed by atoms with Gasteiger partial charge in [0.2, 0.25) is 11.8 Å². The van der Waals surface area contributed by atoms with Crippen LogP contribution >= 0.6 is 22.9 Å². The maximum atomic E-state index is 14.4. The molecular formula is C29H36ClN5O4S. The second kappa shape index (κ2) is 11.0. The standard InChI is InChI=1S/C29H36ClN5O4S/c1-16-24(32-29(40-16)34-11-9-33(2)10-12-34)18-7-8-19(27(31)37)20(13-18)23(17-5-3-4-6-17)28(38)35-14-21(30)26-25(35)22(36)15-39-26/h7-8,13,17,21,23,25-26H,3-6,9-12,14-15H2,1-2H3,(H2,31,37)/t21-,23+,25-,26-/m1/s1. The van der Waals surface area contributed by atoms with Gasteiger partial charge in [-0.3, -0.25) is 14.4 Å². The smallest absolute Gasteiger partial charge is 0.249 e. The van der Waals surface area contributed by atoms with Gasteiger partial charge in [-0.05, 0) is 50.4 Å². The molecular weight excluding hydrogens is 550 g/mol. The molecule has 4 aliphatic rings.